The maximum Gasteiger partial charge on any atom is 0.256 e. The fraction of sp³-hybridized carbons (Fsp3) is 0.190. The van der Waals surface area contributed by atoms with Gasteiger partial charge in [0.15, 0.2) is 0 Å². The summed E-state index contributed by atoms with van der Waals surface area (Å²) in [5.74, 6) is 0.732. The van der Waals surface area contributed by atoms with Crippen molar-refractivity contribution in [2.24, 2.45) is 5.92 Å². The van der Waals surface area contributed by atoms with Crippen molar-refractivity contribution in [1.82, 2.24) is 4.98 Å². The van der Waals surface area contributed by atoms with Gasteiger partial charge in [0.25, 0.3) is 5.91 Å². The van der Waals surface area contributed by atoms with Gasteiger partial charge in [-0.15, -0.1) is 23.1 Å². The molecule has 2 aromatic carbocycles. The molecule has 0 spiro atoms. The normalized spacial score (nSPS) is 13.1. The number of rotatable bonds is 7. The molecule has 2 amide bonds. The molecule has 2 N–H and O–H groups in total. The van der Waals surface area contributed by atoms with E-state index in [0.717, 1.165) is 29.2 Å². The van der Waals surface area contributed by atoms with Gasteiger partial charge in [-0.1, -0.05) is 18.2 Å². The van der Waals surface area contributed by atoms with Gasteiger partial charge in [-0.3, -0.25) is 9.59 Å². The number of amides is 2. The highest BCUT2D eigenvalue weighted by Crippen LogP contribution is 2.31. The van der Waals surface area contributed by atoms with Crippen molar-refractivity contribution in [2.75, 3.05) is 10.6 Å². The maximum atomic E-state index is 12.8. The Morgan fingerprint density at radius 1 is 1.07 bits per heavy atom. The molecule has 1 aliphatic carbocycles. The minimum absolute atomic E-state index is 0.0484. The molecule has 0 atom stereocenters. The first-order valence-corrected chi connectivity index (χ1v) is 10.9. The molecule has 1 fully saturated rings. The minimum atomic E-state index is -0.174. The van der Waals surface area contributed by atoms with Gasteiger partial charge in [0, 0.05) is 33.3 Å². The van der Waals surface area contributed by atoms with E-state index in [1.165, 1.54) is 0 Å². The minimum Gasteiger partial charge on any atom is -0.326 e. The first kappa shape index (κ1) is 18.7. The standard InChI is InChI=1S/C21H19N3O2S2/c25-20(14-8-9-14)23-15-4-3-5-16(10-15)24-21(26)18-6-1-2-7-19(18)28-12-17-11-27-13-22-17/h1-7,10-11,13-14H,8-9,12H2,(H,23,25)(H,24,26). The smallest absolute Gasteiger partial charge is 0.256 e. The van der Waals surface area contributed by atoms with Crippen molar-refractivity contribution >= 4 is 46.3 Å². The highest BCUT2D eigenvalue weighted by molar-refractivity contribution is 7.98. The molecular formula is C21H19N3O2S2. The number of nitrogens with one attached hydrogen (secondary N) is 2. The monoisotopic (exact) mass is 409 g/mol. The quantitative estimate of drug-likeness (QED) is 0.537. The lowest BCUT2D eigenvalue weighted by atomic mass is 10.2. The van der Waals surface area contributed by atoms with Crippen molar-refractivity contribution in [3.05, 3.63) is 70.7 Å². The largest absolute Gasteiger partial charge is 0.326 e. The fourth-order valence-corrected chi connectivity index (χ4v) is 4.32. The lowest BCUT2D eigenvalue weighted by molar-refractivity contribution is -0.117. The van der Waals surface area contributed by atoms with E-state index in [0.29, 0.717) is 16.9 Å². The number of nitrogens with zero attached hydrogens (tertiary/aromatic N) is 1. The predicted molar refractivity (Wildman–Crippen MR) is 114 cm³/mol. The van der Waals surface area contributed by atoms with Crippen LogP contribution in [0.3, 0.4) is 0 Å². The Morgan fingerprint density at radius 2 is 1.86 bits per heavy atom. The van der Waals surface area contributed by atoms with Crippen molar-refractivity contribution in [1.29, 1.82) is 0 Å². The summed E-state index contributed by atoms with van der Waals surface area (Å²) < 4.78 is 0. The number of hydrogen-bond donors (Lipinski definition) is 2. The van der Waals surface area contributed by atoms with Crippen LogP contribution in [0.5, 0.6) is 0 Å². The van der Waals surface area contributed by atoms with Crippen LogP contribution in [0, 0.1) is 5.92 Å². The number of aromatic nitrogens is 1. The molecule has 3 aromatic rings. The van der Waals surface area contributed by atoms with Crippen LogP contribution in [0.2, 0.25) is 0 Å². The third-order valence-electron chi connectivity index (χ3n) is 4.33. The number of benzene rings is 2. The summed E-state index contributed by atoms with van der Waals surface area (Å²) in [4.78, 5) is 30.0. The zero-order valence-corrected chi connectivity index (χ0v) is 16.7. The summed E-state index contributed by atoms with van der Waals surface area (Å²) in [5.41, 5.74) is 4.78. The lowest BCUT2D eigenvalue weighted by Gasteiger charge is -2.11. The van der Waals surface area contributed by atoms with Crippen molar-refractivity contribution in [3.63, 3.8) is 0 Å². The topological polar surface area (TPSA) is 71.1 Å². The van der Waals surface area contributed by atoms with E-state index in [4.69, 9.17) is 0 Å². The van der Waals surface area contributed by atoms with Crippen molar-refractivity contribution < 1.29 is 9.59 Å². The van der Waals surface area contributed by atoms with E-state index in [9.17, 15) is 9.59 Å². The van der Waals surface area contributed by atoms with Crippen LogP contribution < -0.4 is 10.6 Å². The van der Waals surface area contributed by atoms with E-state index in [1.807, 2.05) is 53.4 Å². The zero-order chi connectivity index (χ0) is 19.3. The van der Waals surface area contributed by atoms with Crippen LogP contribution in [-0.4, -0.2) is 16.8 Å². The first-order valence-electron chi connectivity index (χ1n) is 9.00. The average Bonchev–Trinajstić information content (AvgIpc) is 3.43. The van der Waals surface area contributed by atoms with E-state index in [-0.39, 0.29) is 17.7 Å². The van der Waals surface area contributed by atoms with Gasteiger partial charge in [-0.2, -0.15) is 0 Å². The number of carbonyl (C=O) groups excluding carboxylic acids is 2. The summed E-state index contributed by atoms with van der Waals surface area (Å²) in [6, 6.07) is 14.8. The number of anilines is 2. The Bertz CT molecular complexity index is 985. The average molecular weight is 410 g/mol. The molecule has 0 saturated heterocycles. The Kier molecular flexibility index (Phi) is 5.73. The molecule has 0 radical (unpaired) electrons. The Labute approximate surface area is 171 Å². The molecule has 1 heterocycles. The first-order chi connectivity index (χ1) is 13.7. The Balaban J connectivity index is 1.44. The molecule has 142 valence electrons. The van der Waals surface area contributed by atoms with E-state index in [2.05, 4.69) is 15.6 Å². The third kappa shape index (κ3) is 4.79. The molecule has 5 nitrogen and oxygen atoms in total. The molecule has 0 bridgehead atoms. The van der Waals surface area contributed by atoms with Gasteiger partial charge in [0.2, 0.25) is 5.91 Å². The predicted octanol–water partition coefficient (Wildman–Crippen LogP) is 5.04. The molecule has 1 aliphatic rings. The second kappa shape index (κ2) is 8.58. The molecule has 28 heavy (non-hydrogen) atoms. The summed E-state index contributed by atoms with van der Waals surface area (Å²) in [6.07, 6.45) is 1.91. The summed E-state index contributed by atoms with van der Waals surface area (Å²) in [7, 11) is 0. The molecule has 0 aliphatic heterocycles. The van der Waals surface area contributed by atoms with Crippen LogP contribution in [0.25, 0.3) is 0 Å². The van der Waals surface area contributed by atoms with E-state index in [1.54, 1.807) is 29.2 Å². The number of thiazole rings is 1. The van der Waals surface area contributed by atoms with Gasteiger partial charge in [-0.05, 0) is 43.2 Å². The third-order valence-corrected chi connectivity index (χ3v) is 6.07. The number of hydrogen-bond acceptors (Lipinski definition) is 5. The van der Waals surface area contributed by atoms with Crippen LogP contribution >= 0.6 is 23.1 Å². The van der Waals surface area contributed by atoms with Crippen molar-refractivity contribution in [2.45, 2.75) is 23.5 Å². The van der Waals surface area contributed by atoms with Crippen LogP contribution in [0.1, 0.15) is 28.9 Å². The lowest BCUT2D eigenvalue weighted by Crippen LogP contribution is -2.15. The van der Waals surface area contributed by atoms with Gasteiger partial charge in [0.05, 0.1) is 16.8 Å². The molecule has 0 unspecified atom stereocenters. The Hall–Kier alpha value is -2.64. The maximum absolute atomic E-state index is 12.8. The fourth-order valence-electron chi connectivity index (χ4n) is 2.70. The van der Waals surface area contributed by atoms with Crippen molar-refractivity contribution in [3.8, 4) is 0 Å². The highest BCUT2D eigenvalue weighted by atomic mass is 32.2. The Morgan fingerprint density at radius 3 is 2.61 bits per heavy atom. The van der Waals surface area contributed by atoms with Gasteiger partial charge >= 0.3 is 0 Å². The summed E-state index contributed by atoms with van der Waals surface area (Å²) >= 11 is 3.16. The van der Waals surface area contributed by atoms with E-state index >= 15 is 0 Å². The van der Waals surface area contributed by atoms with E-state index < -0.39 is 0 Å². The van der Waals surface area contributed by atoms with Gasteiger partial charge < -0.3 is 10.6 Å². The SMILES string of the molecule is O=C(Nc1cccc(NC(=O)C2CC2)c1)c1ccccc1SCc1cscn1. The molecule has 4 rings (SSSR count). The zero-order valence-electron chi connectivity index (χ0n) is 15.1. The highest BCUT2D eigenvalue weighted by Gasteiger charge is 2.29. The molecular weight excluding hydrogens is 390 g/mol. The summed E-state index contributed by atoms with van der Waals surface area (Å²) in [5, 5.41) is 7.85. The van der Waals surface area contributed by atoms with Crippen LogP contribution in [0.15, 0.2) is 64.3 Å². The number of thioether (sulfide) groups is 1. The number of carbonyl (C=O) groups is 2. The van der Waals surface area contributed by atoms with Gasteiger partial charge in [0.1, 0.15) is 0 Å². The summed E-state index contributed by atoms with van der Waals surface area (Å²) in [6.45, 7) is 0. The second-order valence-electron chi connectivity index (χ2n) is 6.56. The van der Waals surface area contributed by atoms with Crippen LogP contribution in [-0.2, 0) is 10.5 Å². The van der Waals surface area contributed by atoms with Gasteiger partial charge in [-0.25, -0.2) is 4.98 Å². The second-order valence-corrected chi connectivity index (χ2v) is 8.30. The molecule has 7 heteroatoms. The molecule has 1 aromatic heterocycles. The van der Waals surface area contributed by atoms with Crippen LogP contribution in [0.4, 0.5) is 11.4 Å². The molecule has 1 saturated carbocycles.